The van der Waals surface area contributed by atoms with Gasteiger partial charge in [-0.05, 0) is 73.2 Å². The average Bonchev–Trinajstić information content (AvgIpc) is 3.22. The molecule has 5 rings (SSSR count). The minimum absolute atomic E-state index is 0.0694. The first-order chi connectivity index (χ1) is 19.1. The highest BCUT2D eigenvalue weighted by atomic mass is 35.5. The number of nitrogens with zero attached hydrogens (tertiary/aromatic N) is 3. The van der Waals surface area contributed by atoms with Crippen LogP contribution >= 0.6 is 11.6 Å². The molecule has 1 aromatic heterocycles. The van der Waals surface area contributed by atoms with Crippen molar-refractivity contribution >= 4 is 40.0 Å². The second-order valence-electron chi connectivity index (χ2n) is 9.69. The van der Waals surface area contributed by atoms with E-state index < -0.39 is 11.7 Å². The summed E-state index contributed by atoms with van der Waals surface area (Å²) in [6, 6.07) is 17.3. The third-order valence-corrected chi connectivity index (χ3v) is 7.59. The van der Waals surface area contributed by atoms with Crippen molar-refractivity contribution in [2.45, 2.75) is 19.5 Å². The predicted molar refractivity (Wildman–Crippen MR) is 148 cm³/mol. The van der Waals surface area contributed by atoms with E-state index >= 15 is 0 Å². The number of aromatic nitrogens is 1. The number of methoxy groups -OCH3 is 1. The van der Waals surface area contributed by atoms with Gasteiger partial charge in [0, 0.05) is 53.5 Å². The van der Waals surface area contributed by atoms with Gasteiger partial charge >= 0.3 is 6.18 Å². The van der Waals surface area contributed by atoms with E-state index in [2.05, 4.69) is 0 Å². The number of carbonyl (C=O) groups excluding carboxylic acids is 2. The molecule has 1 aliphatic rings. The van der Waals surface area contributed by atoms with Crippen LogP contribution in [0.1, 0.15) is 27.2 Å². The van der Waals surface area contributed by atoms with Crippen LogP contribution in [0.15, 0.2) is 66.7 Å². The van der Waals surface area contributed by atoms with E-state index in [1.807, 2.05) is 17.9 Å². The van der Waals surface area contributed by atoms with Gasteiger partial charge in [-0.2, -0.15) is 13.2 Å². The van der Waals surface area contributed by atoms with Crippen molar-refractivity contribution in [3.63, 3.8) is 0 Å². The minimum atomic E-state index is -4.41. The standard InChI is InChI=1S/C30H27ClF3N3O3/c1-19-25(18-28(38)36-14-12-35(13-15-36)23-5-3-4-21(16-23)30(32,33)34)26-17-24(40-2)10-11-27(26)37(19)29(39)20-6-8-22(31)9-7-20/h3-11,16-17H,12-15,18H2,1-2H3. The minimum Gasteiger partial charge on any atom is -0.497 e. The van der Waals surface area contributed by atoms with E-state index in [4.69, 9.17) is 16.3 Å². The average molecular weight is 570 g/mol. The van der Waals surface area contributed by atoms with Crippen molar-refractivity contribution in [3.8, 4) is 5.75 Å². The SMILES string of the molecule is COc1ccc2c(c1)c(CC(=O)N1CCN(c3cccc(C(F)(F)F)c3)CC1)c(C)n2C(=O)c1ccc(Cl)cc1. The Hall–Kier alpha value is -3.98. The van der Waals surface area contributed by atoms with E-state index in [-0.39, 0.29) is 18.2 Å². The van der Waals surface area contributed by atoms with Crippen molar-refractivity contribution in [3.05, 3.63) is 94.1 Å². The Morgan fingerprint density at radius 2 is 1.65 bits per heavy atom. The fourth-order valence-corrected chi connectivity index (χ4v) is 5.28. The van der Waals surface area contributed by atoms with Crippen LogP contribution in [-0.4, -0.2) is 54.6 Å². The van der Waals surface area contributed by atoms with Crippen LogP contribution in [0.4, 0.5) is 18.9 Å². The van der Waals surface area contributed by atoms with Crippen molar-refractivity contribution < 1.29 is 27.5 Å². The first kappa shape index (κ1) is 27.6. The fraction of sp³-hybridized carbons (Fsp3) is 0.267. The van der Waals surface area contributed by atoms with Gasteiger partial charge in [0.05, 0.1) is 24.6 Å². The van der Waals surface area contributed by atoms with Crippen molar-refractivity contribution in [1.29, 1.82) is 0 Å². The van der Waals surface area contributed by atoms with Crippen LogP contribution in [0.3, 0.4) is 0 Å². The molecule has 0 unspecified atom stereocenters. The molecule has 0 saturated carbocycles. The van der Waals surface area contributed by atoms with Crippen molar-refractivity contribution in [1.82, 2.24) is 9.47 Å². The number of hydrogen-bond donors (Lipinski definition) is 0. The molecule has 0 radical (unpaired) electrons. The Bertz CT molecular complexity index is 1570. The third kappa shape index (κ3) is 5.38. The maximum absolute atomic E-state index is 13.5. The molecule has 1 amide bonds. The predicted octanol–water partition coefficient (Wildman–Crippen LogP) is 6.21. The second kappa shape index (κ2) is 10.9. The zero-order valence-corrected chi connectivity index (χ0v) is 22.7. The van der Waals surface area contributed by atoms with Gasteiger partial charge in [-0.15, -0.1) is 0 Å². The number of alkyl halides is 3. The molecule has 3 aromatic carbocycles. The molecule has 0 atom stereocenters. The maximum Gasteiger partial charge on any atom is 0.416 e. The van der Waals surface area contributed by atoms with E-state index in [1.165, 1.54) is 6.07 Å². The summed E-state index contributed by atoms with van der Waals surface area (Å²) in [6.07, 6.45) is -4.34. The zero-order chi connectivity index (χ0) is 28.6. The highest BCUT2D eigenvalue weighted by Gasteiger charge is 2.31. The maximum atomic E-state index is 13.5. The fourth-order valence-electron chi connectivity index (χ4n) is 5.15. The molecule has 0 bridgehead atoms. The number of piperazine rings is 1. The highest BCUT2D eigenvalue weighted by molar-refractivity contribution is 6.30. The van der Waals surface area contributed by atoms with E-state index in [1.54, 1.807) is 59.0 Å². The summed E-state index contributed by atoms with van der Waals surface area (Å²) < 4.78 is 46.5. The molecule has 0 spiro atoms. The van der Waals surface area contributed by atoms with E-state index in [9.17, 15) is 22.8 Å². The van der Waals surface area contributed by atoms with Crippen LogP contribution in [0, 0.1) is 6.92 Å². The van der Waals surface area contributed by atoms with Crippen molar-refractivity contribution in [2.75, 3.05) is 38.2 Å². The number of anilines is 1. The number of fused-ring (bicyclic) bond motifs is 1. The largest absolute Gasteiger partial charge is 0.497 e. The number of benzene rings is 3. The molecular weight excluding hydrogens is 543 g/mol. The molecule has 208 valence electrons. The first-order valence-corrected chi connectivity index (χ1v) is 13.1. The summed E-state index contributed by atoms with van der Waals surface area (Å²) in [5.41, 5.74) is 2.28. The number of rotatable bonds is 5. The number of amides is 1. The summed E-state index contributed by atoms with van der Waals surface area (Å²) >= 11 is 6.00. The molecule has 0 N–H and O–H groups in total. The number of ether oxygens (including phenoxy) is 1. The molecule has 2 heterocycles. The lowest BCUT2D eigenvalue weighted by atomic mass is 10.1. The quantitative estimate of drug-likeness (QED) is 0.287. The highest BCUT2D eigenvalue weighted by Crippen LogP contribution is 2.33. The summed E-state index contributed by atoms with van der Waals surface area (Å²) in [4.78, 5) is 30.5. The Morgan fingerprint density at radius 1 is 0.950 bits per heavy atom. The molecular formula is C30H27ClF3N3O3. The van der Waals surface area contributed by atoms with E-state index in [0.29, 0.717) is 59.4 Å². The van der Waals surface area contributed by atoms with Crippen LogP contribution in [-0.2, 0) is 17.4 Å². The molecule has 6 nitrogen and oxygen atoms in total. The Kier molecular flexibility index (Phi) is 7.51. The smallest absolute Gasteiger partial charge is 0.416 e. The summed E-state index contributed by atoms with van der Waals surface area (Å²) in [5.74, 6) is 0.248. The second-order valence-corrected chi connectivity index (χ2v) is 10.1. The first-order valence-electron chi connectivity index (χ1n) is 12.7. The number of halogens is 4. The lowest BCUT2D eigenvalue weighted by molar-refractivity contribution is -0.137. The summed E-state index contributed by atoms with van der Waals surface area (Å²) in [5, 5.41) is 1.27. The summed E-state index contributed by atoms with van der Waals surface area (Å²) in [7, 11) is 1.55. The normalized spacial score (nSPS) is 14.1. The zero-order valence-electron chi connectivity index (χ0n) is 22.0. The molecule has 1 aliphatic heterocycles. The summed E-state index contributed by atoms with van der Waals surface area (Å²) in [6.45, 7) is 3.39. The van der Waals surface area contributed by atoms with E-state index in [0.717, 1.165) is 23.1 Å². The molecule has 40 heavy (non-hydrogen) atoms. The van der Waals surface area contributed by atoms with Gasteiger partial charge in [0.25, 0.3) is 5.91 Å². The third-order valence-electron chi connectivity index (χ3n) is 7.34. The topological polar surface area (TPSA) is 54.8 Å². The van der Waals surface area contributed by atoms with Gasteiger partial charge in [-0.1, -0.05) is 17.7 Å². The van der Waals surface area contributed by atoms with Gasteiger partial charge in [0.15, 0.2) is 0 Å². The number of carbonyl (C=O) groups is 2. The van der Waals surface area contributed by atoms with Crippen LogP contribution in [0.25, 0.3) is 10.9 Å². The molecule has 10 heteroatoms. The van der Waals surface area contributed by atoms with Crippen LogP contribution in [0.5, 0.6) is 5.75 Å². The Morgan fingerprint density at radius 3 is 2.30 bits per heavy atom. The molecule has 4 aromatic rings. The molecule has 1 fully saturated rings. The molecule has 0 aliphatic carbocycles. The Labute approximate surface area is 234 Å². The van der Waals surface area contributed by atoms with Crippen molar-refractivity contribution in [2.24, 2.45) is 0 Å². The van der Waals surface area contributed by atoms with Crippen LogP contribution < -0.4 is 9.64 Å². The number of hydrogen-bond acceptors (Lipinski definition) is 4. The van der Waals surface area contributed by atoms with Gasteiger partial charge in [-0.3, -0.25) is 14.2 Å². The van der Waals surface area contributed by atoms with Gasteiger partial charge in [0.1, 0.15) is 5.75 Å². The van der Waals surface area contributed by atoms with Gasteiger partial charge in [-0.25, -0.2) is 0 Å². The van der Waals surface area contributed by atoms with Gasteiger partial charge in [0.2, 0.25) is 5.91 Å². The van der Waals surface area contributed by atoms with Gasteiger partial charge < -0.3 is 14.5 Å². The Balaban J connectivity index is 1.38. The lowest BCUT2D eigenvalue weighted by Crippen LogP contribution is -2.49. The molecule has 1 saturated heterocycles. The van der Waals surface area contributed by atoms with Crippen LogP contribution in [0.2, 0.25) is 5.02 Å². The monoisotopic (exact) mass is 569 g/mol. The lowest BCUT2D eigenvalue weighted by Gasteiger charge is -2.36.